The Morgan fingerprint density at radius 1 is 1.00 bits per heavy atom. The first-order chi connectivity index (χ1) is 9.88. The third kappa shape index (κ3) is 3.34. The van der Waals surface area contributed by atoms with Gasteiger partial charge in [0.05, 0.1) is 4.92 Å². The Hall–Kier alpha value is -2.49. The highest BCUT2D eigenvalue weighted by molar-refractivity contribution is 5.98. The van der Waals surface area contributed by atoms with Crippen molar-refractivity contribution in [2.24, 2.45) is 0 Å². The molecule has 4 nitrogen and oxygen atoms in total. The summed E-state index contributed by atoms with van der Waals surface area (Å²) in [5, 5.41) is 10.9. The normalized spacial score (nSPS) is 10.4. The molecular formula is C17H17NO3. The molecule has 2 aromatic rings. The van der Waals surface area contributed by atoms with Crippen LogP contribution in [-0.2, 0) is 6.42 Å². The molecule has 0 amide bonds. The Morgan fingerprint density at radius 2 is 1.67 bits per heavy atom. The number of ketones is 1. The molecule has 0 radical (unpaired) electrons. The van der Waals surface area contributed by atoms with Crippen LogP contribution in [0.5, 0.6) is 0 Å². The van der Waals surface area contributed by atoms with Crippen LogP contribution >= 0.6 is 0 Å². The number of nitro groups is 1. The van der Waals surface area contributed by atoms with Crippen LogP contribution < -0.4 is 0 Å². The molecule has 0 aliphatic heterocycles. The number of aryl methyl sites for hydroxylation is 3. The second kappa shape index (κ2) is 5.87. The summed E-state index contributed by atoms with van der Waals surface area (Å²) in [6, 6.07) is 10.5. The Balaban J connectivity index is 2.26. The van der Waals surface area contributed by atoms with E-state index < -0.39 is 4.92 Å². The first-order valence-electron chi connectivity index (χ1n) is 6.73. The average molecular weight is 283 g/mol. The van der Waals surface area contributed by atoms with E-state index in [-0.39, 0.29) is 17.9 Å². The maximum atomic E-state index is 12.3. The Morgan fingerprint density at radius 3 is 2.29 bits per heavy atom. The fraction of sp³-hybridized carbons (Fsp3) is 0.235. The lowest BCUT2D eigenvalue weighted by atomic mass is 9.98. The second-order valence-electron chi connectivity index (χ2n) is 5.28. The number of Topliss-reactive ketones (excluding diaryl/α,β-unsaturated/α-hetero) is 1. The first-order valence-corrected chi connectivity index (χ1v) is 6.73. The van der Waals surface area contributed by atoms with E-state index >= 15 is 0 Å². The van der Waals surface area contributed by atoms with Crippen molar-refractivity contribution < 1.29 is 9.72 Å². The van der Waals surface area contributed by atoms with Gasteiger partial charge in [0.1, 0.15) is 0 Å². The molecule has 0 N–H and O–H groups in total. The monoisotopic (exact) mass is 283 g/mol. The van der Waals surface area contributed by atoms with Crippen molar-refractivity contribution in [2.45, 2.75) is 27.2 Å². The summed E-state index contributed by atoms with van der Waals surface area (Å²) in [4.78, 5) is 22.7. The minimum absolute atomic E-state index is 0.0130. The number of rotatable bonds is 4. The van der Waals surface area contributed by atoms with Gasteiger partial charge in [0, 0.05) is 23.6 Å². The highest BCUT2D eigenvalue weighted by Gasteiger charge is 2.15. The number of carbonyl (C=O) groups is 1. The topological polar surface area (TPSA) is 60.2 Å². The zero-order valence-electron chi connectivity index (χ0n) is 12.3. The molecule has 0 atom stereocenters. The van der Waals surface area contributed by atoms with E-state index in [1.807, 2.05) is 32.0 Å². The predicted molar refractivity (Wildman–Crippen MR) is 81.8 cm³/mol. The van der Waals surface area contributed by atoms with Gasteiger partial charge in [-0.1, -0.05) is 30.3 Å². The van der Waals surface area contributed by atoms with Crippen molar-refractivity contribution in [1.82, 2.24) is 0 Å². The Kier molecular flexibility index (Phi) is 4.17. The smallest absolute Gasteiger partial charge is 0.273 e. The van der Waals surface area contributed by atoms with Crippen molar-refractivity contribution in [3.05, 3.63) is 74.3 Å². The third-order valence-electron chi connectivity index (χ3n) is 3.66. The molecule has 2 rings (SSSR count). The standard InChI is InChI=1S/C17H17NO3/c1-11-4-6-14(8-13(11)3)9-17(19)15-7-5-12(2)16(10-15)18(20)21/h4-8,10H,9H2,1-3H3. The minimum Gasteiger partial charge on any atom is -0.294 e. The average Bonchev–Trinajstić information content (AvgIpc) is 2.43. The number of hydrogen-bond acceptors (Lipinski definition) is 3. The van der Waals surface area contributed by atoms with E-state index in [2.05, 4.69) is 0 Å². The lowest BCUT2D eigenvalue weighted by Gasteiger charge is -2.06. The molecule has 21 heavy (non-hydrogen) atoms. The maximum Gasteiger partial charge on any atom is 0.273 e. The van der Waals surface area contributed by atoms with Crippen molar-refractivity contribution in [1.29, 1.82) is 0 Å². The molecule has 0 bridgehead atoms. The number of benzene rings is 2. The van der Waals surface area contributed by atoms with Crippen LogP contribution in [0.2, 0.25) is 0 Å². The molecule has 108 valence electrons. The number of carbonyl (C=O) groups excluding carboxylic acids is 1. The van der Waals surface area contributed by atoms with Gasteiger partial charge in [-0.2, -0.15) is 0 Å². The zero-order chi connectivity index (χ0) is 15.6. The van der Waals surface area contributed by atoms with Crippen molar-refractivity contribution in [2.75, 3.05) is 0 Å². The molecular weight excluding hydrogens is 266 g/mol. The summed E-state index contributed by atoms with van der Waals surface area (Å²) in [5.41, 5.74) is 4.16. The van der Waals surface area contributed by atoms with Gasteiger partial charge in [0.2, 0.25) is 0 Å². The number of nitrogens with zero attached hydrogens (tertiary/aromatic N) is 1. The van der Waals surface area contributed by atoms with Gasteiger partial charge in [0.15, 0.2) is 5.78 Å². The zero-order valence-corrected chi connectivity index (χ0v) is 12.3. The summed E-state index contributed by atoms with van der Waals surface area (Å²) >= 11 is 0. The van der Waals surface area contributed by atoms with Crippen LogP contribution in [0, 0.1) is 30.9 Å². The molecule has 0 aromatic heterocycles. The summed E-state index contributed by atoms with van der Waals surface area (Å²) in [7, 11) is 0. The molecule has 0 aliphatic carbocycles. The quantitative estimate of drug-likeness (QED) is 0.485. The van der Waals surface area contributed by atoms with E-state index in [9.17, 15) is 14.9 Å². The van der Waals surface area contributed by atoms with E-state index in [0.717, 1.165) is 11.1 Å². The molecule has 0 saturated carbocycles. The van der Waals surface area contributed by atoms with Crippen molar-refractivity contribution in [3.8, 4) is 0 Å². The van der Waals surface area contributed by atoms with Gasteiger partial charge >= 0.3 is 0 Å². The molecule has 0 saturated heterocycles. The number of nitro benzene ring substituents is 1. The van der Waals surface area contributed by atoms with Gasteiger partial charge in [-0.3, -0.25) is 14.9 Å². The predicted octanol–water partition coefficient (Wildman–Crippen LogP) is 3.95. The van der Waals surface area contributed by atoms with E-state index in [1.54, 1.807) is 19.1 Å². The van der Waals surface area contributed by atoms with Gasteiger partial charge in [-0.05, 0) is 37.5 Å². The van der Waals surface area contributed by atoms with Crippen LogP contribution in [-0.4, -0.2) is 10.7 Å². The Labute approximate surface area is 123 Å². The lowest BCUT2D eigenvalue weighted by Crippen LogP contribution is -2.05. The van der Waals surface area contributed by atoms with Crippen LogP contribution in [0.25, 0.3) is 0 Å². The van der Waals surface area contributed by atoms with Crippen LogP contribution in [0.4, 0.5) is 5.69 Å². The molecule has 4 heteroatoms. The van der Waals surface area contributed by atoms with Gasteiger partial charge in [-0.15, -0.1) is 0 Å². The van der Waals surface area contributed by atoms with E-state index in [4.69, 9.17) is 0 Å². The van der Waals surface area contributed by atoms with Crippen molar-refractivity contribution in [3.63, 3.8) is 0 Å². The van der Waals surface area contributed by atoms with Gasteiger partial charge in [0.25, 0.3) is 5.69 Å². The first kappa shape index (κ1) is 14.9. The molecule has 2 aromatic carbocycles. The molecule has 0 aliphatic rings. The number of hydrogen-bond donors (Lipinski definition) is 0. The van der Waals surface area contributed by atoms with Gasteiger partial charge < -0.3 is 0 Å². The summed E-state index contributed by atoms with van der Waals surface area (Å²) in [6.45, 7) is 5.68. The van der Waals surface area contributed by atoms with Crippen LogP contribution in [0.15, 0.2) is 36.4 Å². The van der Waals surface area contributed by atoms with Crippen LogP contribution in [0.3, 0.4) is 0 Å². The largest absolute Gasteiger partial charge is 0.294 e. The molecule has 0 fully saturated rings. The Bertz CT molecular complexity index is 720. The van der Waals surface area contributed by atoms with E-state index in [0.29, 0.717) is 11.1 Å². The summed E-state index contributed by atoms with van der Waals surface area (Å²) in [6.07, 6.45) is 0.251. The molecule has 0 heterocycles. The third-order valence-corrected chi connectivity index (χ3v) is 3.66. The fourth-order valence-corrected chi connectivity index (χ4v) is 2.18. The highest BCUT2D eigenvalue weighted by Crippen LogP contribution is 2.21. The van der Waals surface area contributed by atoms with Crippen LogP contribution in [0.1, 0.15) is 32.6 Å². The summed E-state index contributed by atoms with van der Waals surface area (Å²) in [5.74, 6) is -0.110. The molecule has 0 unspecified atom stereocenters. The molecule has 0 spiro atoms. The minimum atomic E-state index is -0.456. The van der Waals surface area contributed by atoms with Crippen molar-refractivity contribution >= 4 is 11.5 Å². The van der Waals surface area contributed by atoms with E-state index in [1.165, 1.54) is 11.6 Å². The maximum absolute atomic E-state index is 12.3. The van der Waals surface area contributed by atoms with Gasteiger partial charge in [-0.25, -0.2) is 0 Å². The lowest BCUT2D eigenvalue weighted by molar-refractivity contribution is -0.385. The second-order valence-corrected chi connectivity index (χ2v) is 5.28. The highest BCUT2D eigenvalue weighted by atomic mass is 16.6. The fourth-order valence-electron chi connectivity index (χ4n) is 2.18. The summed E-state index contributed by atoms with van der Waals surface area (Å²) < 4.78 is 0. The SMILES string of the molecule is Cc1ccc(CC(=O)c2ccc(C)c([N+](=O)[O-])c2)cc1C.